The molecular formula is C31H44N2O2. The molecule has 0 radical (unpaired) electrons. The van der Waals surface area contributed by atoms with Crippen molar-refractivity contribution in [1.29, 1.82) is 0 Å². The van der Waals surface area contributed by atoms with E-state index in [1.54, 1.807) is 0 Å². The maximum absolute atomic E-state index is 10.9. The molecule has 1 aliphatic heterocycles. The van der Waals surface area contributed by atoms with Crippen LogP contribution in [0.1, 0.15) is 108 Å². The maximum atomic E-state index is 10.9. The molecule has 1 unspecified atom stereocenters. The Labute approximate surface area is 212 Å². The van der Waals surface area contributed by atoms with E-state index in [4.69, 9.17) is 10.1 Å². The Kier molecular flexibility index (Phi) is 8.00. The molecule has 0 spiro atoms. The van der Waals surface area contributed by atoms with Gasteiger partial charge in [-0.25, -0.2) is 0 Å². The molecule has 4 rings (SSSR count). The van der Waals surface area contributed by atoms with Gasteiger partial charge in [-0.3, -0.25) is 9.78 Å². The zero-order valence-corrected chi connectivity index (χ0v) is 22.3. The van der Waals surface area contributed by atoms with Crippen LogP contribution in [-0.4, -0.2) is 40.6 Å². The molecule has 4 nitrogen and oxygen atoms in total. The number of carboxylic acids is 1. The quantitative estimate of drug-likeness (QED) is 0.475. The van der Waals surface area contributed by atoms with Gasteiger partial charge in [0.15, 0.2) is 0 Å². The number of rotatable bonds is 6. The van der Waals surface area contributed by atoms with Gasteiger partial charge in [0.2, 0.25) is 0 Å². The minimum absolute atomic E-state index is 0.201. The van der Waals surface area contributed by atoms with Crippen LogP contribution < -0.4 is 0 Å². The van der Waals surface area contributed by atoms with Gasteiger partial charge in [0.1, 0.15) is 0 Å². The van der Waals surface area contributed by atoms with Crippen molar-refractivity contribution in [3.63, 3.8) is 0 Å². The maximum Gasteiger partial charge on any atom is 0.303 e. The van der Waals surface area contributed by atoms with Gasteiger partial charge in [-0.1, -0.05) is 52.3 Å². The fraction of sp³-hybridized carbons (Fsp3) is 0.613. The largest absolute Gasteiger partial charge is 0.481 e. The topological polar surface area (TPSA) is 53.4 Å². The molecule has 1 fully saturated rings. The number of carboxylic acid groups (broad SMARTS) is 1. The van der Waals surface area contributed by atoms with Gasteiger partial charge in [0, 0.05) is 23.6 Å². The molecular weight excluding hydrogens is 432 g/mol. The first-order chi connectivity index (χ1) is 16.7. The standard InChI is InChI=1S/C31H44N2O2/c1-30(2)17-18-31(3,4)26-22-24(15-16-25(26)30)28-13-7-12-27(32-28)23-10-5-6-19-33(20-8-11-23)21-9-14-29(34)35/h7,12-13,15-16,22-23H,5-6,8-11,14,17-21H2,1-4H3,(H,34,35). The molecule has 1 atom stereocenters. The van der Waals surface area contributed by atoms with Crippen molar-refractivity contribution in [1.82, 2.24) is 9.88 Å². The number of benzene rings is 1. The van der Waals surface area contributed by atoms with E-state index in [0.717, 1.165) is 44.6 Å². The molecule has 2 aromatic rings. The highest BCUT2D eigenvalue weighted by atomic mass is 16.4. The number of nitrogens with zero attached hydrogens (tertiary/aromatic N) is 2. The molecule has 0 saturated carbocycles. The lowest BCUT2D eigenvalue weighted by atomic mass is 9.63. The van der Waals surface area contributed by atoms with E-state index in [9.17, 15) is 4.79 Å². The average molecular weight is 477 g/mol. The number of pyridine rings is 1. The Bertz CT molecular complexity index is 1030. The lowest BCUT2D eigenvalue weighted by molar-refractivity contribution is -0.137. The molecule has 4 heteroatoms. The van der Waals surface area contributed by atoms with Gasteiger partial charge in [-0.15, -0.1) is 0 Å². The molecule has 190 valence electrons. The first kappa shape index (κ1) is 25.9. The van der Waals surface area contributed by atoms with E-state index < -0.39 is 5.97 Å². The molecule has 2 aliphatic rings. The minimum atomic E-state index is -0.688. The molecule has 0 bridgehead atoms. The fourth-order valence-corrected chi connectivity index (χ4v) is 6.10. The van der Waals surface area contributed by atoms with Crippen molar-refractivity contribution < 1.29 is 9.90 Å². The predicted molar refractivity (Wildman–Crippen MR) is 144 cm³/mol. The van der Waals surface area contributed by atoms with Crippen LogP contribution in [0.5, 0.6) is 0 Å². The van der Waals surface area contributed by atoms with Gasteiger partial charge in [-0.05, 0) is 105 Å². The van der Waals surface area contributed by atoms with Crippen molar-refractivity contribution in [3.05, 3.63) is 53.2 Å². The van der Waals surface area contributed by atoms with Gasteiger partial charge >= 0.3 is 5.97 Å². The molecule has 0 amide bonds. The molecule has 1 aliphatic carbocycles. The van der Waals surface area contributed by atoms with E-state index in [1.807, 2.05) is 0 Å². The first-order valence-electron chi connectivity index (χ1n) is 13.7. The lowest BCUT2D eigenvalue weighted by Crippen LogP contribution is -2.33. The number of fused-ring (bicyclic) bond motifs is 1. The van der Waals surface area contributed by atoms with Crippen LogP contribution >= 0.6 is 0 Å². The molecule has 1 N–H and O–H groups in total. The molecule has 2 heterocycles. The van der Waals surface area contributed by atoms with Crippen LogP contribution in [0.2, 0.25) is 0 Å². The van der Waals surface area contributed by atoms with Gasteiger partial charge < -0.3 is 10.0 Å². The summed E-state index contributed by atoms with van der Waals surface area (Å²) in [7, 11) is 0. The third-order valence-corrected chi connectivity index (χ3v) is 8.51. The second kappa shape index (κ2) is 10.8. The summed E-state index contributed by atoms with van der Waals surface area (Å²) in [4.78, 5) is 18.5. The Morgan fingerprint density at radius 3 is 2.46 bits per heavy atom. The highest BCUT2D eigenvalue weighted by Gasteiger charge is 2.37. The minimum Gasteiger partial charge on any atom is -0.481 e. The summed E-state index contributed by atoms with van der Waals surface area (Å²) in [5.41, 5.74) is 6.99. The van der Waals surface area contributed by atoms with Crippen molar-refractivity contribution in [3.8, 4) is 11.3 Å². The summed E-state index contributed by atoms with van der Waals surface area (Å²) in [6.07, 6.45) is 9.34. The van der Waals surface area contributed by atoms with Gasteiger partial charge in [0.25, 0.3) is 0 Å². The zero-order valence-electron chi connectivity index (χ0n) is 22.3. The van der Waals surface area contributed by atoms with Crippen LogP contribution in [0.3, 0.4) is 0 Å². The summed E-state index contributed by atoms with van der Waals surface area (Å²) < 4.78 is 0. The van der Waals surface area contributed by atoms with Gasteiger partial charge in [0.05, 0.1) is 5.69 Å². The predicted octanol–water partition coefficient (Wildman–Crippen LogP) is 7.31. The molecule has 1 aromatic carbocycles. The van der Waals surface area contributed by atoms with E-state index in [-0.39, 0.29) is 17.3 Å². The van der Waals surface area contributed by atoms with E-state index in [1.165, 1.54) is 54.5 Å². The fourth-order valence-electron chi connectivity index (χ4n) is 6.10. The van der Waals surface area contributed by atoms with Gasteiger partial charge in [-0.2, -0.15) is 0 Å². The summed E-state index contributed by atoms with van der Waals surface area (Å²) in [5, 5.41) is 8.94. The Morgan fingerprint density at radius 2 is 1.69 bits per heavy atom. The number of hydrogen-bond acceptors (Lipinski definition) is 3. The normalized spacial score (nSPS) is 22.5. The third-order valence-electron chi connectivity index (χ3n) is 8.51. The number of aromatic nitrogens is 1. The van der Waals surface area contributed by atoms with Crippen molar-refractivity contribution in [2.24, 2.45) is 0 Å². The van der Waals surface area contributed by atoms with Crippen molar-refractivity contribution in [2.75, 3.05) is 19.6 Å². The Morgan fingerprint density at radius 1 is 0.971 bits per heavy atom. The number of hydrogen-bond donors (Lipinski definition) is 1. The molecule has 1 aromatic heterocycles. The highest BCUT2D eigenvalue weighted by Crippen LogP contribution is 2.46. The number of aliphatic carboxylic acids is 1. The Hall–Kier alpha value is -2.20. The van der Waals surface area contributed by atoms with E-state index >= 15 is 0 Å². The average Bonchev–Trinajstić information content (AvgIpc) is 2.94. The first-order valence-corrected chi connectivity index (χ1v) is 13.7. The summed E-state index contributed by atoms with van der Waals surface area (Å²) in [5.74, 6) is -0.187. The van der Waals surface area contributed by atoms with Crippen LogP contribution in [0.25, 0.3) is 11.3 Å². The zero-order chi connectivity index (χ0) is 25.1. The van der Waals surface area contributed by atoms with Crippen LogP contribution in [0, 0.1) is 0 Å². The van der Waals surface area contributed by atoms with E-state index in [2.05, 4.69) is 69.0 Å². The smallest absolute Gasteiger partial charge is 0.303 e. The highest BCUT2D eigenvalue weighted by molar-refractivity contribution is 5.66. The third kappa shape index (κ3) is 6.33. The second-order valence-electron chi connectivity index (χ2n) is 12.1. The van der Waals surface area contributed by atoms with Crippen molar-refractivity contribution in [2.45, 2.75) is 102 Å². The summed E-state index contributed by atoms with van der Waals surface area (Å²) in [6.45, 7) is 12.6. The summed E-state index contributed by atoms with van der Waals surface area (Å²) in [6, 6.07) is 13.6. The monoisotopic (exact) mass is 476 g/mol. The molecule has 1 saturated heterocycles. The van der Waals surface area contributed by atoms with E-state index in [0.29, 0.717) is 5.92 Å². The van der Waals surface area contributed by atoms with Crippen LogP contribution in [0.4, 0.5) is 0 Å². The van der Waals surface area contributed by atoms with Crippen LogP contribution in [-0.2, 0) is 15.6 Å². The second-order valence-corrected chi connectivity index (χ2v) is 12.1. The van der Waals surface area contributed by atoms with Crippen molar-refractivity contribution >= 4 is 5.97 Å². The Balaban J connectivity index is 1.49. The SMILES string of the molecule is CC1(C)CCC(C)(C)c2cc(-c3cccc(C4CCCCN(CCCC(=O)O)CCC4)n3)ccc21. The van der Waals surface area contributed by atoms with Crippen LogP contribution in [0.15, 0.2) is 36.4 Å². The summed E-state index contributed by atoms with van der Waals surface area (Å²) >= 11 is 0. The lowest BCUT2D eigenvalue weighted by Gasteiger charge is -2.42. The molecule has 35 heavy (non-hydrogen) atoms. The number of carbonyl (C=O) groups is 1.